The van der Waals surface area contributed by atoms with Gasteiger partial charge in [-0.2, -0.15) is 0 Å². The van der Waals surface area contributed by atoms with E-state index >= 15 is 0 Å². The van der Waals surface area contributed by atoms with E-state index in [9.17, 15) is 0 Å². The summed E-state index contributed by atoms with van der Waals surface area (Å²) in [5.41, 5.74) is 9.83. The zero-order valence-corrected chi connectivity index (χ0v) is 12.4. The highest BCUT2D eigenvalue weighted by molar-refractivity contribution is 5.45. The smallest absolute Gasteiger partial charge is 0.124 e. The zero-order valence-electron chi connectivity index (χ0n) is 12.4. The predicted octanol–water partition coefficient (Wildman–Crippen LogP) is 2.87. The molecule has 0 spiro atoms. The molecule has 0 aromatic heterocycles. The molecule has 2 N–H and O–H groups in total. The van der Waals surface area contributed by atoms with Crippen LogP contribution in [0.3, 0.4) is 0 Å². The van der Waals surface area contributed by atoms with Crippen LogP contribution >= 0.6 is 0 Å². The monoisotopic (exact) mass is 262 g/mol. The third-order valence-corrected chi connectivity index (χ3v) is 4.02. The van der Waals surface area contributed by atoms with Crippen molar-refractivity contribution in [1.29, 1.82) is 0 Å². The van der Waals surface area contributed by atoms with Crippen molar-refractivity contribution in [2.75, 3.05) is 19.7 Å². The molecule has 0 bridgehead atoms. The molecule has 0 saturated heterocycles. The van der Waals surface area contributed by atoms with Crippen molar-refractivity contribution in [2.45, 2.75) is 46.2 Å². The van der Waals surface area contributed by atoms with Crippen molar-refractivity contribution >= 4 is 0 Å². The molecule has 1 aromatic rings. The minimum atomic E-state index is 0.481. The van der Waals surface area contributed by atoms with Crippen LogP contribution in [0.1, 0.15) is 49.9 Å². The highest BCUT2D eigenvalue weighted by Gasteiger charge is 2.24. The van der Waals surface area contributed by atoms with Gasteiger partial charge in [0.05, 0.1) is 6.61 Å². The van der Waals surface area contributed by atoms with Gasteiger partial charge in [-0.05, 0) is 50.4 Å². The van der Waals surface area contributed by atoms with E-state index in [0.29, 0.717) is 19.2 Å². The molecule has 0 fully saturated rings. The highest BCUT2D eigenvalue weighted by atomic mass is 16.5. The number of fused-ring (bicyclic) bond motifs is 1. The molecule has 106 valence electrons. The Bertz CT molecular complexity index is 431. The summed E-state index contributed by atoms with van der Waals surface area (Å²) in [5.74, 6) is 0.967. The van der Waals surface area contributed by atoms with Gasteiger partial charge < -0.3 is 10.5 Å². The number of nitrogens with zero attached hydrogens (tertiary/aromatic N) is 1. The van der Waals surface area contributed by atoms with Crippen molar-refractivity contribution in [3.63, 3.8) is 0 Å². The van der Waals surface area contributed by atoms with Crippen LogP contribution in [0.15, 0.2) is 12.1 Å². The third-order valence-electron chi connectivity index (χ3n) is 4.02. The van der Waals surface area contributed by atoms with Gasteiger partial charge in [-0.3, -0.25) is 4.90 Å². The van der Waals surface area contributed by atoms with Gasteiger partial charge >= 0.3 is 0 Å². The summed E-state index contributed by atoms with van der Waals surface area (Å²) >= 11 is 0. The molecular formula is C16H26N2O. The van der Waals surface area contributed by atoms with Gasteiger partial charge in [-0.15, -0.1) is 0 Å². The van der Waals surface area contributed by atoms with E-state index in [1.807, 2.05) is 6.92 Å². The Hall–Kier alpha value is -1.06. The Balaban J connectivity index is 2.34. The Kier molecular flexibility index (Phi) is 4.83. The average molecular weight is 262 g/mol. The Morgan fingerprint density at radius 3 is 2.79 bits per heavy atom. The summed E-state index contributed by atoms with van der Waals surface area (Å²) in [6, 6.07) is 4.95. The number of nitrogens with two attached hydrogens (primary N) is 1. The molecule has 0 radical (unpaired) electrons. The molecule has 3 nitrogen and oxygen atoms in total. The minimum absolute atomic E-state index is 0.481. The summed E-state index contributed by atoms with van der Waals surface area (Å²) in [7, 11) is 0. The summed E-state index contributed by atoms with van der Waals surface area (Å²) in [4.78, 5) is 2.56. The second-order valence-corrected chi connectivity index (χ2v) is 5.26. The molecule has 0 saturated carbocycles. The third kappa shape index (κ3) is 2.93. The fraction of sp³-hybridized carbons (Fsp3) is 0.625. The topological polar surface area (TPSA) is 38.5 Å². The van der Waals surface area contributed by atoms with E-state index in [-0.39, 0.29) is 0 Å². The minimum Gasteiger partial charge on any atom is -0.494 e. The second-order valence-electron chi connectivity index (χ2n) is 5.26. The van der Waals surface area contributed by atoms with Gasteiger partial charge in [0, 0.05) is 24.7 Å². The van der Waals surface area contributed by atoms with Crippen molar-refractivity contribution in [2.24, 2.45) is 5.73 Å². The number of benzene rings is 1. The lowest BCUT2D eigenvalue weighted by Crippen LogP contribution is -2.34. The molecule has 1 unspecified atom stereocenters. The molecule has 1 atom stereocenters. The van der Waals surface area contributed by atoms with Gasteiger partial charge in [0.25, 0.3) is 0 Å². The van der Waals surface area contributed by atoms with Gasteiger partial charge in [-0.25, -0.2) is 0 Å². The van der Waals surface area contributed by atoms with Crippen LogP contribution in [-0.4, -0.2) is 24.6 Å². The van der Waals surface area contributed by atoms with Gasteiger partial charge in [0.15, 0.2) is 0 Å². The lowest BCUT2D eigenvalue weighted by molar-refractivity contribution is 0.198. The molecule has 1 heterocycles. The predicted molar refractivity (Wildman–Crippen MR) is 79.5 cm³/mol. The lowest BCUT2D eigenvalue weighted by atomic mass is 9.91. The molecule has 2 rings (SSSR count). The molecule has 19 heavy (non-hydrogen) atoms. The zero-order chi connectivity index (χ0) is 13.8. The van der Waals surface area contributed by atoms with Crippen molar-refractivity contribution < 1.29 is 4.74 Å². The molecule has 1 aliphatic heterocycles. The van der Waals surface area contributed by atoms with Crippen LogP contribution in [-0.2, 0) is 13.0 Å². The number of rotatable bonds is 5. The number of hydrogen-bond acceptors (Lipinski definition) is 3. The number of hydrogen-bond donors (Lipinski definition) is 1. The maximum atomic E-state index is 5.83. The van der Waals surface area contributed by atoms with E-state index in [1.165, 1.54) is 24.1 Å². The lowest BCUT2D eigenvalue weighted by Gasteiger charge is -2.35. The molecule has 0 amide bonds. The summed E-state index contributed by atoms with van der Waals surface area (Å²) in [6.07, 6.45) is 2.33. The molecule has 1 aromatic carbocycles. The Morgan fingerprint density at radius 2 is 2.16 bits per heavy atom. The van der Waals surface area contributed by atoms with Crippen LogP contribution in [0.25, 0.3) is 0 Å². The maximum absolute atomic E-state index is 5.83. The summed E-state index contributed by atoms with van der Waals surface area (Å²) in [5, 5.41) is 0. The van der Waals surface area contributed by atoms with E-state index in [2.05, 4.69) is 30.9 Å². The van der Waals surface area contributed by atoms with Crippen LogP contribution in [0.2, 0.25) is 0 Å². The molecule has 0 aliphatic carbocycles. The highest BCUT2D eigenvalue weighted by Crippen LogP contribution is 2.34. The van der Waals surface area contributed by atoms with Crippen molar-refractivity contribution in [3.8, 4) is 5.75 Å². The Morgan fingerprint density at radius 1 is 1.37 bits per heavy atom. The van der Waals surface area contributed by atoms with Crippen molar-refractivity contribution in [1.82, 2.24) is 4.90 Å². The van der Waals surface area contributed by atoms with E-state index in [4.69, 9.17) is 10.5 Å². The molecule has 3 heteroatoms. The average Bonchev–Trinajstić information content (AvgIpc) is 2.42. The van der Waals surface area contributed by atoms with E-state index in [1.54, 1.807) is 0 Å². The first-order chi connectivity index (χ1) is 9.21. The van der Waals surface area contributed by atoms with Crippen LogP contribution in [0.4, 0.5) is 0 Å². The molecular weight excluding hydrogens is 236 g/mol. The maximum Gasteiger partial charge on any atom is 0.124 e. The second kappa shape index (κ2) is 6.40. The first-order valence-corrected chi connectivity index (χ1v) is 7.43. The van der Waals surface area contributed by atoms with Crippen LogP contribution in [0.5, 0.6) is 5.75 Å². The van der Waals surface area contributed by atoms with Crippen LogP contribution < -0.4 is 10.5 Å². The summed E-state index contributed by atoms with van der Waals surface area (Å²) in [6.45, 7) is 10.1. The number of ether oxygens (including phenoxy) is 1. The standard InChI is InChI=1S/C16H26N2O/c1-4-7-18-8-6-13-9-14(11-17)16(19-5-2)10-15(13)12(18)3/h9-10,12H,4-8,11,17H2,1-3H3. The normalized spacial score (nSPS) is 19.3. The first-order valence-electron chi connectivity index (χ1n) is 7.43. The first kappa shape index (κ1) is 14.4. The van der Waals surface area contributed by atoms with E-state index in [0.717, 1.165) is 24.3 Å². The van der Waals surface area contributed by atoms with Crippen LogP contribution in [0, 0.1) is 0 Å². The van der Waals surface area contributed by atoms with Crippen molar-refractivity contribution in [3.05, 3.63) is 28.8 Å². The van der Waals surface area contributed by atoms with Gasteiger partial charge in [-0.1, -0.05) is 13.0 Å². The largest absolute Gasteiger partial charge is 0.494 e. The molecule has 1 aliphatic rings. The fourth-order valence-corrected chi connectivity index (χ4v) is 2.99. The van der Waals surface area contributed by atoms with E-state index < -0.39 is 0 Å². The Labute approximate surface area is 116 Å². The quantitative estimate of drug-likeness (QED) is 0.886. The van der Waals surface area contributed by atoms with Gasteiger partial charge in [0.1, 0.15) is 5.75 Å². The van der Waals surface area contributed by atoms with Gasteiger partial charge in [0.2, 0.25) is 0 Å². The summed E-state index contributed by atoms with van der Waals surface area (Å²) < 4.78 is 5.74. The SMILES string of the molecule is CCCN1CCc2cc(CN)c(OCC)cc2C1C. The fourth-order valence-electron chi connectivity index (χ4n) is 2.99.